The van der Waals surface area contributed by atoms with Gasteiger partial charge in [-0.3, -0.25) is 15.0 Å². The Morgan fingerprint density at radius 2 is 1.84 bits per heavy atom. The quantitative estimate of drug-likeness (QED) is 0.410. The van der Waals surface area contributed by atoms with Crippen molar-refractivity contribution in [3.05, 3.63) is 58.1 Å². The predicted octanol–water partition coefficient (Wildman–Crippen LogP) is 3.54. The molecule has 0 bridgehead atoms. The van der Waals surface area contributed by atoms with Gasteiger partial charge in [-0.25, -0.2) is 13.1 Å². The van der Waals surface area contributed by atoms with Crippen LogP contribution in [0.5, 0.6) is 5.75 Å². The number of nitro groups is 1. The molecule has 2 aromatic carbocycles. The van der Waals surface area contributed by atoms with E-state index in [-0.39, 0.29) is 28.4 Å². The van der Waals surface area contributed by atoms with Crippen LogP contribution < -0.4 is 14.8 Å². The Morgan fingerprint density at radius 1 is 1.16 bits per heavy atom. The lowest BCUT2D eigenvalue weighted by molar-refractivity contribution is -0.384. The van der Waals surface area contributed by atoms with Crippen molar-refractivity contribution < 1.29 is 18.1 Å². The number of likely N-dealkylation sites (tertiary alicyclic amines) is 1. The van der Waals surface area contributed by atoms with Crippen LogP contribution in [0.15, 0.2) is 47.4 Å². The number of methoxy groups -OCH3 is 1. The fraction of sp³-hybridized carbons (Fsp3) is 0.455. The van der Waals surface area contributed by atoms with E-state index < -0.39 is 14.9 Å². The zero-order valence-corrected chi connectivity index (χ0v) is 19.4. The molecule has 10 heteroatoms. The van der Waals surface area contributed by atoms with E-state index in [0.29, 0.717) is 6.54 Å². The molecule has 2 N–H and O–H groups in total. The van der Waals surface area contributed by atoms with Crippen LogP contribution in [-0.4, -0.2) is 51.0 Å². The number of benzene rings is 2. The zero-order valence-electron chi connectivity index (χ0n) is 18.6. The van der Waals surface area contributed by atoms with Gasteiger partial charge in [0.1, 0.15) is 11.4 Å². The maximum absolute atomic E-state index is 12.4. The van der Waals surface area contributed by atoms with E-state index in [1.807, 2.05) is 24.3 Å². The average molecular weight is 463 g/mol. The molecule has 0 spiro atoms. The van der Waals surface area contributed by atoms with Gasteiger partial charge in [-0.2, -0.15) is 0 Å². The lowest BCUT2D eigenvalue weighted by Crippen LogP contribution is -2.31. The first-order chi connectivity index (χ1) is 15.2. The summed E-state index contributed by atoms with van der Waals surface area (Å²) in [6, 6.07) is 11.3. The third kappa shape index (κ3) is 5.56. The Balaban J connectivity index is 1.89. The van der Waals surface area contributed by atoms with E-state index >= 15 is 0 Å². The average Bonchev–Trinajstić information content (AvgIpc) is 3.27. The first kappa shape index (κ1) is 24.0. The van der Waals surface area contributed by atoms with Crippen LogP contribution in [0.3, 0.4) is 0 Å². The third-order valence-corrected chi connectivity index (χ3v) is 7.09. The summed E-state index contributed by atoms with van der Waals surface area (Å²) in [5.74, 6) is 0.766. The monoisotopic (exact) mass is 462 g/mol. The number of rotatable bonds is 10. The van der Waals surface area contributed by atoms with Crippen molar-refractivity contribution in [1.29, 1.82) is 0 Å². The zero-order chi connectivity index (χ0) is 23.3. The summed E-state index contributed by atoms with van der Waals surface area (Å²) >= 11 is 0. The molecule has 3 rings (SSSR count). The standard InChI is InChI=1S/C22H30N4O5S/c1-16(2)24-32(29,30)17-10-11-19(20(14-17)26(27)28)23-15-21(25-12-6-7-13-25)18-8-4-5-9-22(18)31-3/h4-5,8-11,14,16,21,23-24H,6-7,12-13,15H2,1-3H3/t21-/m1/s1. The van der Waals surface area contributed by atoms with Gasteiger partial charge < -0.3 is 10.1 Å². The summed E-state index contributed by atoms with van der Waals surface area (Å²) in [4.78, 5) is 13.4. The van der Waals surface area contributed by atoms with Crippen molar-refractivity contribution in [2.24, 2.45) is 0 Å². The number of sulfonamides is 1. The number of nitrogens with one attached hydrogen (secondary N) is 2. The number of para-hydroxylation sites is 1. The van der Waals surface area contributed by atoms with E-state index in [9.17, 15) is 18.5 Å². The fourth-order valence-electron chi connectivity index (χ4n) is 3.99. The van der Waals surface area contributed by atoms with Gasteiger partial charge in [0.15, 0.2) is 0 Å². The molecule has 0 aliphatic carbocycles. The number of nitrogens with zero attached hydrogens (tertiary/aromatic N) is 2. The third-order valence-electron chi connectivity index (χ3n) is 5.43. The highest BCUT2D eigenvalue weighted by molar-refractivity contribution is 7.89. The molecule has 174 valence electrons. The molecule has 0 aromatic heterocycles. The van der Waals surface area contributed by atoms with Crippen molar-refractivity contribution in [2.45, 2.75) is 43.7 Å². The number of nitro benzene ring substituents is 1. The van der Waals surface area contributed by atoms with Crippen molar-refractivity contribution >= 4 is 21.4 Å². The molecule has 1 heterocycles. The highest BCUT2D eigenvalue weighted by atomic mass is 32.2. The lowest BCUT2D eigenvalue weighted by atomic mass is 10.0. The van der Waals surface area contributed by atoms with E-state index in [4.69, 9.17) is 4.74 Å². The molecular weight excluding hydrogens is 432 g/mol. The normalized spacial score (nSPS) is 15.6. The Kier molecular flexibility index (Phi) is 7.70. The molecule has 1 fully saturated rings. The van der Waals surface area contributed by atoms with Crippen LogP contribution in [0, 0.1) is 10.1 Å². The Labute approximate surface area is 189 Å². The number of ether oxygens (including phenoxy) is 1. The summed E-state index contributed by atoms with van der Waals surface area (Å²) < 4.78 is 32.9. The Bertz CT molecular complexity index is 1050. The van der Waals surface area contributed by atoms with Gasteiger partial charge in [0, 0.05) is 24.2 Å². The van der Waals surface area contributed by atoms with Gasteiger partial charge in [-0.15, -0.1) is 0 Å². The van der Waals surface area contributed by atoms with Crippen LogP contribution in [0.4, 0.5) is 11.4 Å². The summed E-state index contributed by atoms with van der Waals surface area (Å²) in [6.07, 6.45) is 2.20. The van der Waals surface area contributed by atoms with E-state index in [0.717, 1.165) is 43.3 Å². The van der Waals surface area contributed by atoms with Crippen molar-refractivity contribution in [2.75, 3.05) is 32.1 Å². The maximum atomic E-state index is 12.4. The van der Waals surface area contributed by atoms with Gasteiger partial charge in [0.05, 0.1) is 23.0 Å². The molecule has 0 saturated carbocycles. The molecule has 0 radical (unpaired) electrons. The van der Waals surface area contributed by atoms with E-state index in [1.54, 1.807) is 21.0 Å². The first-order valence-electron chi connectivity index (χ1n) is 10.6. The van der Waals surface area contributed by atoms with Crippen LogP contribution in [0.25, 0.3) is 0 Å². The minimum Gasteiger partial charge on any atom is -0.496 e. The maximum Gasteiger partial charge on any atom is 0.293 e. The van der Waals surface area contributed by atoms with Crippen molar-refractivity contribution in [1.82, 2.24) is 9.62 Å². The van der Waals surface area contributed by atoms with Crippen LogP contribution in [0.1, 0.15) is 38.3 Å². The minimum atomic E-state index is -3.84. The van der Waals surface area contributed by atoms with E-state index in [2.05, 4.69) is 14.9 Å². The predicted molar refractivity (Wildman–Crippen MR) is 124 cm³/mol. The molecule has 0 amide bonds. The summed E-state index contributed by atoms with van der Waals surface area (Å²) in [5.41, 5.74) is 1.00. The van der Waals surface area contributed by atoms with Crippen molar-refractivity contribution in [3.8, 4) is 5.75 Å². The summed E-state index contributed by atoms with van der Waals surface area (Å²) in [6.45, 7) is 5.67. The van der Waals surface area contributed by atoms with Gasteiger partial charge in [0.2, 0.25) is 10.0 Å². The molecule has 2 aromatic rings. The molecule has 1 aliphatic rings. The molecule has 0 unspecified atom stereocenters. The SMILES string of the molecule is COc1ccccc1[C@@H](CNc1ccc(S(=O)(=O)NC(C)C)cc1[N+](=O)[O-])N1CCCC1. The molecule has 1 saturated heterocycles. The van der Waals surface area contributed by atoms with Crippen LogP contribution in [0.2, 0.25) is 0 Å². The molecule has 32 heavy (non-hydrogen) atoms. The second-order valence-corrected chi connectivity index (χ2v) is 9.81. The minimum absolute atomic E-state index is 0.0423. The fourth-order valence-corrected chi connectivity index (χ4v) is 5.27. The molecular formula is C22H30N4O5S. The summed E-state index contributed by atoms with van der Waals surface area (Å²) in [7, 11) is -2.21. The number of hydrogen-bond acceptors (Lipinski definition) is 7. The van der Waals surface area contributed by atoms with Crippen molar-refractivity contribution in [3.63, 3.8) is 0 Å². The summed E-state index contributed by atoms with van der Waals surface area (Å²) in [5, 5.41) is 14.9. The largest absolute Gasteiger partial charge is 0.496 e. The van der Waals surface area contributed by atoms with Crippen LogP contribution in [-0.2, 0) is 10.0 Å². The molecule has 9 nitrogen and oxygen atoms in total. The van der Waals surface area contributed by atoms with E-state index in [1.165, 1.54) is 12.1 Å². The van der Waals surface area contributed by atoms with Gasteiger partial charge in [-0.05, 0) is 58.0 Å². The highest BCUT2D eigenvalue weighted by Crippen LogP contribution is 2.34. The second-order valence-electron chi connectivity index (χ2n) is 8.09. The first-order valence-corrected chi connectivity index (χ1v) is 12.1. The molecule has 1 aliphatic heterocycles. The number of hydrogen-bond donors (Lipinski definition) is 2. The van der Waals surface area contributed by atoms with Gasteiger partial charge in [-0.1, -0.05) is 18.2 Å². The Hall–Kier alpha value is -2.69. The lowest BCUT2D eigenvalue weighted by Gasteiger charge is -2.29. The van der Waals surface area contributed by atoms with Crippen LogP contribution >= 0.6 is 0 Å². The van der Waals surface area contributed by atoms with Gasteiger partial charge >= 0.3 is 0 Å². The second kappa shape index (κ2) is 10.3. The smallest absolute Gasteiger partial charge is 0.293 e. The number of anilines is 1. The van der Waals surface area contributed by atoms with Gasteiger partial charge in [0.25, 0.3) is 5.69 Å². The highest BCUT2D eigenvalue weighted by Gasteiger charge is 2.27. The molecule has 1 atom stereocenters. The Morgan fingerprint density at radius 3 is 2.47 bits per heavy atom. The topological polar surface area (TPSA) is 114 Å².